The maximum absolute atomic E-state index is 5.53. The Balaban J connectivity index is 3.00. The molecule has 1 rings (SSSR count). The van der Waals surface area contributed by atoms with Crippen molar-refractivity contribution in [3.63, 3.8) is 0 Å². The quantitative estimate of drug-likeness (QED) is 0.696. The molecule has 0 atom stereocenters. The first-order valence-electron chi connectivity index (χ1n) is 4.99. The summed E-state index contributed by atoms with van der Waals surface area (Å²) in [6, 6.07) is 6.46. The minimum absolute atomic E-state index is 0.557. The minimum atomic E-state index is 0.557. The summed E-state index contributed by atoms with van der Waals surface area (Å²) in [7, 11) is 0. The lowest BCUT2D eigenvalue weighted by atomic mass is 10.0. The van der Waals surface area contributed by atoms with E-state index in [4.69, 9.17) is 4.74 Å². The minimum Gasteiger partial charge on any atom is -0.494 e. The lowest BCUT2D eigenvalue weighted by molar-refractivity contribution is 0.339. The van der Waals surface area contributed by atoms with Crippen LogP contribution in [0.25, 0.3) is 0 Å². The van der Waals surface area contributed by atoms with Crippen LogP contribution in [0, 0.1) is 0 Å². The molecule has 0 bridgehead atoms. The van der Waals surface area contributed by atoms with E-state index in [0.29, 0.717) is 5.92 Å². The molecule has 14 heavy (non-hydrogen) atoms. The Bertz CT molecular complexity index is 294. The van der Waals surface area contributed by atoms with E-state index in [1.807, 2.05) is 6.92 Å². The maximum atomic E-state index is 5.53. The van der Waals surface area contributed by atoms with Crippen LogP contribution in [-0.2, 0) is 0 Å². The molecule has 0 aliphatic heterocycles. The van der Waals surface area contributed by atoms with Crippen molar-refractivity contribution in [2.24, 2.45) is 0 Å². The van der Waals surface area contributed by atoms with Gasteiger partial charge in [-0.1, -0.05) is 13.8 Å². The average Bonchev–Trinajstić information content (AvgIpc) is 2.17. The fourth-order valence-corrected chi connectivity index (χ4v) is 1.78. The van der Waals surface area contributed by atoms with Crippen molar-refractivity contribution in [1.29, 1.82) is 0 Å². The van der Waals surface area contributed by atoms with E-state index in [2.05, 4.69) is 38.3 Å². The molecule has 78 valence electrons. The zero-order valence-corrected chi connectivity index (χ0v) is 10.1. The Hall–Kier alpha value is -0.630. The van der Waals surface area contributed by atoms with Crippen molar-refractivity contribution in [3.8, 4) is 5.75 Å². The third-order valence-electron chi connectivity index (χ3n) is 2.12. The highest BCUT2D eigenvalue weighted by atomic mass is 32.2. The molecule has 0 aliphatic carbocycles. The van der Waals surface area contributed by atoms with Crippen molar-refractivity contribution in [3.05, 3.63) is 23.8 Å². The highest BCUT2D eigenvalue weighted by Crippen LogP contribution is 2.27. The molecule has 0 spiro atoms. The zero-order chi connectivity index (χ0) is 10.6. The van der Waals surface area contributed by atoms with Gasteiger partial charge in [0.05, 0.1) is 6.61 Å². The molecule has 0 saturated heterocycles. The first kappa shape index (κ1) is 11.4. The largest absolute Gasteiger partial charge is 0.494 e. The van der Waals surface area contributed by atoms with E-state index in [-0.39, 0.29) is 0 Å². The van der Waals surface area contributed by atoms with Gasteiger partial charge in [0.15, 0.2) is 0 Å². The Morgan fingerprint density at radius 3 is 2.50 bits per heavy atom. The SMILES string of the molecule is CCOc1cc(SC)cc(C(C)C)c1. The highest BCUT2D eigenvalue weighted by molar-refractivity contribution is 7.98. The van der Waals surface area contributed by atoms with Crippen LogP contribution in [0.5, 0.6) is 5.75 Å². The number of thioether (sulfide) groups is 1. The Morgan fingerprint density at radius 1 is 1.29 bits per heavy atom. The Kier molecular flexibility index (Phi) is 4.33. The Morgan fingerprint density at radius 2 is 2.00 bits per heavy atom. The monoisotopic (exact) mass is 210 g/mol. The first-order chi connectivity index (χ1) is 6.67. The third kappa shape index (κ3) is 2.95. The summed E-state index contributed by atoms with van der Waals surface area (Å²) in [6.07, 6.45) is 2.09. The molecule has 0 radical (unpaired) electrons. The molecule has 2 heteroatoms. The predicted molar refractivity (Wildman–Crippen MR) is 63.5 cm³/mol. The van der Waals surface area contributed by atoms with Gasteiger partial charge in [0.2, 0.25) is 0 Å². The average molecular weight is 210 g/mol. The first-order valence-corrected chi connectivity index (χ1v) is 6.21. The number of benzene rings is 1. The molecule has 0 amide bonds. The van der Waals surface area contributed by atoms with Gasteiger partial charge in [-0.05, 0) is 42.9 Å². The van der Waals surface area contributed by atoms with Crippen molar-refractivity contribution in [1.82, 2.24) is 0 Å². The summed E-state index contributed by atoms with van der Waals surface area (Å²) >= 11 is 1.76. The van der Waals surface area contributed by atoms with Crippen LogP contribution in [0.2, 0.25) is 0 Å². The van der Waals surface area contributed by atoms with Crippen LogP contribution in [-0.4, -0.2) is 12.9 Å². The van der Waals surface area contributed by atoms with Gasteiger partial charge in [0.25, 0.3) is 0 Å². The van der Waals surface area contributed by atoms with E-state index < -0.39 is 0 Å². The highest BCUT2D eigenvalue weighted by Gasteiger charge is 2.04. The molecule has 1 aromatic carbocycles. The van der Waals surface area contributed by atoms with Gasteiger partial charge in [-0.15, -0.1) is 11.8 Å². The van der Waals surface area contributed by atoms with E-state index in [1.165, 1.54) is 10.5 Å². The normalized spacial score (nSPS) is 10.6. The van der Waals surface area contributed by atoms with Crippen molar-refractivity contribution < 1.29 is 4.74 Å². The third-order valence-corrected chi connectivity index (χ3v) is 2.82. The molecule has 0 saturated carbocycles. The van der Waals surface area contributed by atoms with Gasteiger partial charge in [-0.25, -0.2) is 0 Å². The molecule has 0 N–H and O–H groups in total. The fraction of sp³-hybridized carbons (Fsp3) is 0.500. The molecule has 1 aromatic rings. The van der Waals surface area contributed by atoms with Gasteiger partial charge in [-0.3, -0.25) is 0 Å². The van der Waals surface area contributed by atoms with Crippen LogP contribution >= 0.6 is 11.8 Å². The molecular formula is C12H18OS. The molecule has 0 aliphatic rings. The fourth-order valence-electron chi connectivity index (χ4n) is 1.29. The van der Waals surface area contributed by atoms with Gasteiger partial charge in [0.1, 0.15) is 5.75 Å². The molecular weight excluding hydrogens is 192 g/mol. The summed E-state index contributed by atoms with van der Waals surface area (Å²) in [5, 5.41) is 0. The summed E-state index contributed by atoms with van der Waals surface area (Å²) in [4.78, 5) is 1.28. The maximum Gasteiger partial charge on any atom is 0.120 e. The van der Waals surface area contributed by atoms with Crippen molar-refractivity contribution in [2.75, 3.05) is 12.9 Å². The van der Waals surface area contributed by atoms with E-state index in [0.717, 1.165) is 12.4 Å². The molecule has 0 aromatic heterocycles. The van der Waals surface area contributed by atoms with Gasteiger partial charge in [0, 0.05) is 4.90 Å². The molecule has 0 heterocycles. The van der Waals surface area contributed by atoms with Gasteiger partial charge < -0.3 is 4.74 Å². The van der Waals surface area contributed by atoms with Crippen molar-refractivity contribution >= 4 is 11.8 Å². The Labute approximate surface area is 90.9 Å². The van der Waals surface area contributed by atoms with Gasteiger partial charge >= 0.3 is 0 Å². The second-order valence-electron chi connectivity index (χ2n) is 3.53. The smallest absolute Gasteiger partial charge is 0.120 e. The topological polar surface area (TPSA) is 9.23 Å². The number of ether oxygens (including phenoxy) is 1. The summed E-state index contributed by atoms with van der Waals surface area (Å²) in [5.74, 6) is 1.55. The summed E-state index contributed by atoms with van der Waals surface area (Å²) in [5.41, 5.74) is 1.35. The van der Waals surface area contributed by atoms with Crippen LogP contribution in [0.15, 0.2) is 23.1 Å². The number of rotatable bonds is 4. The van der Waals surface area contributed by atoms with E-state index in [9.17, 15) is 0 Å². The van der Waals surface area contributed by atoms with Gasteiger partial charge in [-0.2, -0.15) is 0 Å². The van der Waals surface area contributed by atoms with Crippen LogP contribution in [0.4, 0.5) is 0 Å². The summed E-state index contributed by atoms with van der Waals surface area (Å²) in [6.45, 7) is 7.15. The lowest BCUT2D eigenvalue weighted by Crippen LogP contribution is -1.94. The van der Waals surface area contributed by atoms with Crippen molar-refractivity contribution in [2.45, 2.75) is 31.6 Å². The second-order valence-corrected chi connectivity index (χ2v) is 4.41. The molecule has 1 nitrogen and oxygen atoms in total. The standard InChI is InChI=1S/C12H18OS/c1-5-13-11-6-10(9(2)3)7-12(8-11)14-4/h6-9H,5H2,1-4H3. The summed E-state index contributed by atoms with van der Waals surface area (Å²) < 4.78 is 5.53. The zero-order valence-electron chi connectivity index (χ0n) is 9.33. The van der Waals surface area contributed by atoms with E-state index in [1.54, 1.807) is 11.8 Å². The molecule has 0 unspecified atom stereocenters. The number of hydrogen-bond acceptors (Lipinski definition) is 2. The lowest BCUT2D eigenvalue weighted by Gasteiger charge is -2.11. The van der Waals surface area contributed by atoms with E-state index >= 15 is 0 Å². The predicted octanol–water partition coefficient (Wildman–Crippen LogP) is 3.93. The number of hydrogen-bond donors (Lipinski definition) is 0. The second kappa shape index (κ2) is 5.30. The van der Waals surface area contributed by atoms with Crippen LogP contribution < -0.4 is 4.74 Å². The van der Waals surface area contributed by atoms with Crippen LogP contribution in [0.1, 0.15) is 32.3 Å². The van der Waals surface area contributed by atoms with Crippen LogP contribution in [0.3, 0.4) is 0 Å². The molecule has 0 fully saturated rings.